The fraction of sp³-hybridized carbons (Fsp3) is 0.182. The number of halogens is 1. The van der Waals surface area contributed by atoms with Gasteiger partial charge in [-0.15, -0.1) is 0 Å². The van der Waals surface area contributed by atoms with Crippen LogP contribution in [0.15, 0.2) is 65.3 Å². The number of amides is 2. The number of benzene rings is 2. The molecule has 0 spiro atoms. The summed E-state index contributed by atoms with van der Waals surface area (Å²) in [7, 11) is 0. The monoisotopic (exact) mass is 394 g/mol. The first-order chi connectivity index (χ1) is 13.9. The first-order valence-corrected chi connectivity index (χ1v) is 9.11. The molecule has 3 aromatic rings. The maximum atomic E-state index is 14.1. The molecule has 0 fully saturated rings. The molecule has 4 rings (SSSR count). The third-order valence-corrected chi connectivity index (χ3v) is 5.03. The highest BCUT2D eigenvalue weighted by Crippen LogP contribution is 2.41. The SMILES string of the molecule is CC1(O)C(=O)N(Cc2ccccc2F)c2cc(C(=O)NCc3ccco3)ccc21. The van der Waals surface area contributed by atoms with Gasteiger partial charge in [-0.2, -0.15) is 0 Å². The van der Waals surface area contributed by atoms with Gasteiger partial charge in [0.1, 0.15) is 11.6 Å². The summed E-state index contributed by atoms with van der Waals surface area (Å²) < 4.78 is 19.3. The Hall–Kier alpha value is -3.45. The zero-order valence-corrected chi connectivity index (χ0v) is 15.7. The van der Waals surface area contributed by atoms with Gasteiger partial charge in [0, 0.05) is 16.7 Å². The van der Waals surface area contributed by atoms with E-state index >= 15 is 0 Å². The summed E-state index contributed by atoms with van der Waals surface area (Å²) in [5, 5.41) is 13.4. The molecule has 7 heteroatoms. The Morgan fingerprint density at radius 2 is 2.00 bits per heavy atom. The average molecular weight is 394 g/mol. The lowest BCUT2D eigenvalue weighted by Crippen LogP contribution is -2.37. The second-order valence-electron chi connectivity index (χ2n) is 7.05. The number of hydrogen-bond donors (Lipinski definition) is 2. The fourth-order valence-corrected chi connectivity index (χ4v) is 3.43. The maximum absolute atomic E-state index is 14.1. The van der Waals surface area contributed by atoms with E-state index in [0.717, 1.165) is 0 Å². The Morgan fingerprint density at radius 1 is 1.21 bits per heavy atom. The van der Waals surface area contributed by atoms with E-state index in [1.165, 1.54) is 30.2 Å². The summed E-state index contributed by atoms with van der Waals surface area (Å²) in [6, 6.07) is 14.2. The van der Waals surface area contributed by atoms with E-state index in [0.29, 0.717) is 28.1 Å². The van der Waals surface area contributed by atoms with Gasteiger partial charge in [0.15, 0.2) is 5.60 Å². The number of aliphatic hydroxyl groups is 1. The van der Waals surface area contributed by atoms with Crippen LogP contribution in [0.25, 0.3) is 0 Å². The molecule has 0 saturated carbocycles. The quantitative estimate of drug-likeness (QED) is 0.697. The van der Waals surface area contributed by atoms with Gasteiger partial charge in [-0.25, -0.2) is 4.39 Å². The van der Waals surface area contributed by atoms with E-state index in [1.54, 1.807) is 42.5 Å². The minimum Gasteiger partial charge on any atom is -0.467 e. The number of furan rings is 1. The van der Waals surface area contributed by atoms with E-state index in [1.807, 2.05) is 0 Å². The Labute approximate surface area is 166 Å². The van der Waals surface area contributed by atoms with Crippen molar-refractivity contribution >= 4 is 17.5 Å². The van der Waals surface area contributed by atoms with Crippen molar-refractivity contribution in [2.45, 2.75) is 25.6 Å². The van der Waals surface area contributed by atoms with Gasteiger partial charge in [-0.3, -0.25) is 9.59 Å². The van der Waals surface area contributed by atoms with Crippen LogP contribution in [-0.4, -0.2) is 16.9 Å². The maximum Gasteiger partial charge on any atom is 0.263 e. The highest BCUT2D eigenvalue weighted by molar-refractivity contribution is 6.08. The zero-order chi connectivity index (χ0) is 20.6. The highest BCUT2D eigenvalue weighted by Gasteiger charge is 2.46. The lowest BCUT2D eigenvalue weighted by atomic mass is 9.96. The van der Waals surface area contributed by atoms with Crippen LogP contribution >= 0.6 is 0 Å². The molecule has 148 valence electrons. The Morgan fingerprint density at radius 3 is 2.72 bits per heavy atom. The van der Waals surface area contributed by atoms with Crippen LogP contribution < -0.4 is 10.2 Å². The summed E-state index contributed by atoms with van der Waals surface area (Å²) in [6.07, 6.45) is 1.52. The number of rotatable bonds is 5. The van der Waals surface area contributed by atoms with E-state index < -0.39 is 17.3 Å². The average Bonchev–Trinajstić information content (AvgIpc) is 3.29. The number of carbonyl (C=O) groups excluding carboxylic acids is 2. The molecular weight excluding hydrogens is 375 g/mol. The fourth-order valence-electron chi connectivity index (χ4n) is 3.43. The molecule has 2 aromatic carbocycles. The lowest BCUT2D eigenvalue weighted by molar-refractivity contribution is -0.134. The predicted molar refractivity (Wildman–Crippen MR) is 103 cm³/mol. The third-order valence-electron chi connectivity index (χ3n) is 5.03. The van der Waals surface area contributed by atoms with Gasteiger partial charge in [0.05, 0.1) is 25.0 Å². The topological polar surface area (TPSA) is 82.8 Å². The number of carbonyl (C=O) groups is 2. The van der Waals surface area contributed by atoms with Crippen molar-refractivity contribution < 1.29 is 23.5 Å². The molecule has 1 aliphatic rings. The van der Waals surface area contributed by atoms with Crippen LogP contribution in [0.4, 0.5) is 10.1 Å². The van der Waals surface area contributed by atoms with Crippen LogP contribution in [0.1, 0.15) is 34.2 Å². The summed E-state index contributed by atoms with van der Waals surface area (Å²) in [5.41, 5.74) is -0.351. The van der Waals surface area contributed by atoms with Crippen molar-refractivity contribution in [1.82, 2.24) is 5.32 Å². The largest absolute Gasteiger partial charge is 0.467 e. The van der Waals surface area contributed by atoms with Crippen LogP contribution in [0.3, 0.4) is 0 Å². The Bertz CT molecular complexity index is 1080. The second-order valence-corrected chi connectivity index (χ2v) is 7.05. The first kappa shape index (κ1) is 18.9. The van der Waals surface area contributed by atoms with Gasteiger partial charge in [0.2, 0.25) is 0 Å². The molecule has 0 saturated heterocycles. The van der Waals surface area contributed by atoms with Crippen molar-refractivity contribution in [2.75, 3.05) is 4.90 Å². The lowest BCUT2D eigenvalue weighted by Gasteiger charge is -2.20. The molecule has 2 amide bonds. The van der Waals surface area contributed by atoms with Crippen LogP contribution in [0.2, 0.25) is 0 Å². The van der Waals surface area contributed by atoms with Gasteiger partial charge in [0.25, 0.3) is 11.8 Å². The van der Waals surface area contributed by atoms with E-state index in [-0.39, 0.29) is 19.0 Å². The van der Waals surface area contributed by atoms with Crippen molar-refractivity contribution in [3.8, 4) is 0 Å². The molecular formula is C22H19FN2O4. The zero-order valence-electron chi connectivity index (χ0n) is 15.7. The van der Waals surface area contributed by atoms with Crippen molar-refractivity contribution in [1.29, 1.82) is 0 Å². The van der Waals surface area contributed by atoms with Crippen LogP contribution in [-0.2, 0) is 23.5 Å². The molecule has 29 heavy (non-hydrogen) atoms. The minimum absolute atomic E-state index is 0.0495. The predicted octanol–water partition coefficient (Wildman–Crippen LogP) is 3.10. The standard InChI is InChI=1S/C22H19FN2O4/c1-22(28)17-9-8-14(20(26)24-12-16-6-4-10-29-16)11-19(17)25(21(22)27)13-15-5-2-3-7-18(15)23/h2-11,28H,12-13H2,1H3,(H,24,26). The molecule has 0 aliphatic carbocycles. The van der Waals surface area contributed by atoms with E-state index in [2.05, 4.69) is 5.32 Å². The molecule has 0 radical (unpaired) electrons. The van der Waals surface area contributed by atoms with E-state index in [9.17, 15) is 19.1 Å². The number of anilines is 1. The molecule has 1 aliphatic heterocycles. The number of nitrogens with zero attached hydrogens (tertiary/aromatic N) is 1. The van der Waals surface area contributed by atoms with Gasteiger partial charge < -0.3 is 19.7 Å². The number of nitrogens with one attached hydrogen (secondary N) is 1. The van der Waals surface area contributed by atoms with Crippen LogP contribution in [0.5, 0.6) is 0 Å². The second kappa shape index (κ2) is 7.18. The first-order valence-electron chi connectivity index (χ1n) is 9.11. The number of fused-ring (bicyclic) bond motifs is 1. The summed E-state index contributed by atoms with van der Waals surface area (Å²) >= 11 is 0. The molecule has 6 nitrogen and oxygen atoms in total. The van der Waals surface area contributed by atoms with Gasteiger partial charge >= 0.3 is 0 Å². The normalized spacial score (nSPS) is 18.0. The molecule has 1 atom stereocenters. The smallest absolute Gasteiger partial charge is 0.263 e. The van der Waals surface area contributed by atoms with Crippen molar-refractivity contribution in [3.63, 3.8) is 0 Å². The van der Waals surface area contributed by atoms with Gasteiger partial charge in [-0.1, -0.05) is 24.3 Å². The summed E-state index contributed by atoms with van der Waals surface area (Å²) in [4.78, 5) is 26.6. The molecule has 0 bridgehead atoms. The van der Waals surface area contributed by atoms with Crippen molar-refractivity contribution in [3.05, 3.63) is 89.1 Å². The molecule has 1 aromatic heterocycles. The minimum atomic E-state index is -1.75. The molecule has 2 N–H and O–H groups in total. The Balaban J connectivity index is 1.63. The van der Waals surface area contributed by atoms with Crippen LogP contribution in [0, 0.1) is 5.82 Å². The summed E-state index contributed by atoms with van der Waals surface area (Å²) in [5.74, 6) is -0.752. The van der Waals surface area contributed by atoms with Gasteiger partial charge in [-0.05, 0) is 37.3 Å². The highest BCUT2D eigenvalue weighted by atomic mass is 19.1. The van der Waals surface area contributed by atoms with E-state index in [4.69, 9.17) is 4.42 Å². The number of hydrogen-bond acceptors (Lipinski definition) is 4. The van der Waals surface area contributed by atoms with Crippen molar-refractivity contribution in [2.24, 2.45) is 0 Å². The molecule has 1 unspecified atom stereocenters. The summed E-state index contributed by atoms with van der Waals surface area (Å²) in [6.45, 7) is 1.57. The third kappa shape index (κ3) is 3.40. The Kier molecular flexibility index (Phi) is 4.68. The molecule has 2 heterocycles.